The number of benzene rings is 1. The lowest BCUT2D eigenvalue weighted by atomic mass is 10.1. The Hall–Kier alpha value is -2.57. The minimum absolute atomic E-state index is 0.236. The normalized spacial score (nSPS) is 11.4. The highest BCUT2D eigenvalue weighted by atomic mass is 16.2. The Balaban J connectivity index is 2.39. The fraction of sp³-hybridized carbons (Fsp3) is 0.526. The van der Waals surface area contributed by atoms with E-state index in [4.69, 9.17) is 5.73 Å². The van der Waals surface area contributed by atoms with Gasteiger partial charge in [-0.25, -0.2) is 4.79 Å². The largest absolute Gasteiger partial charge is 0.370 e. The number of unbranched alkanes of at least 4 members (excludes halogenated alkanes) is 3. The highest BCUT2D eigenvalue weighted by Gasteiger charge is 2.22. The van der Waals surface area contributed by atoms with Crippen molar-refractivity contribution in [3.05, 3.63) is 35.9 Å². The van der Waals surface area contributed by atoms with Gasteiger partial charge in [-0.2, -0.15) is 0 Å². The van der Waals surface area contributed by atoms with Gasteiger partial charge in [0.25, 0.3) is 0 Å². The molecule has 1 atom stereocenters. The molecule has 0 saturated heterocycles. The molecule has 0 radical (unpaired) electrons. The minimum atomic E-state index is -0.973. The van der Waals surface area contributed by atoms with Gasteiger partial charge in [-0.15, -0.1) is 0 Å². The summed E-state index contributed by atoms with van der Waals surface area (Å²) in [7, 11) is 0. The molecule has 0 aromatic heterocycles. The predicted molar refractivity (Wildman–Crippen MR) is 101 cm³/mol. The van der Waals surface area contributed by atoms with Gasteiger partial charge in [-0.1, -0.05) is 56.5 Å². The Kier molecular flexibility index (Phi) is 10.5. The second-order valence-corrected chi connectivity index (χ2v) is 6.21. The molecule has 0 spiro atoms. The van der Waals surface area contributed by atoms with Crippen molar-refractivity contribution in [3.63, 3.8) is 0 Å². The summed E-state index contributed by atoms with van der Waals surface area (Å²) in [6.45, 7) is 3.06. The first-order chi connectivity index (χ1) is 12.5. The number of carbonyl (C=O) groups excluding carboxylic acids is 3. The van der Waals surface area contributed by atoms with Gasteiger partial charge in [0.1, 0.15) is 6.04 Å². The molecule has 0 aliphatic rings. The first-order valence-corrected chi connectivity index (χ1v) is 9.17. The fourth-order valence-corrected chi connectivity index (χ4v) is 2.47. The zero-order valence-corrected chi connectivity index (χ0v) is 15.4. The molecular weight excluding hydrogens is 332 g/mol. The van der Waals surface area contributed by atoms with Crippen LogP contribution in [0.15, 0.2) is 30.3 Å². The second kappa shape index (κ2) is 12.7. The summed E-state index contributed by atoms with van der Waals surface area (Å²) in [5, 5.41) is 7.96. The zero-order chi connectivity index (χ0) is 19.2. The second-order valence-electron chi connectivity index (χ2n) is 6.21. The van der Waals surface area contributed by atoms with E-state index in [9.17, 15) is 14.4 Å². The zero-order valence-electron chi connectivity index (χ0n) is 15.4. The smallest absolute Gasteiger partial charge is 0.315 e. The van der Waals surface area contributed by atoms with Crippen molar-refractivity contribution in [3.8, 4) is 0 Å². The maximum atomic E-state index is 12.3. The third kappa shape index (κ3) is 9.66. The van der Waals surface area contributed by atoms with Crippen LogP contribution < -0.4 is 21.7 Å². The van der Waals surface area contributed by atoms with E-state index in [2.05, 4.69) is 22.9 Å². The van der Waals surface area contributed by atoms with Gasteiger partial charge >= 0.3 is 6.03 Å². The Bertz CT molecular complexity index is 563. The monoisotopic (exact) mass is 362 g/mol. The van der Waals surface area contributed by atoms with Gasteiger partial charge in [-0.3, -0.25) is 9.59 Å². The molecule has 0 saturated carbocycles. The first kappa shape index (κ1) is 21.5. The van der Waals surface area contributed by atoms with Crippen LogP contribution in [0.5, 0.6) is 0 Å². The van der Waals surface area contributed by atoms with Gasteiger partial charge in [0.05, 0.1) is 6.42 Å². The Morgan fingerprint density at radius 2 is 1.73 bits per heavy atom. The molecule has 0 aliphatic carbocycles. The van der Waals surface area contributed by atoms with Crippen molar-refractivity contribution < 1.29 is 14.4 Å². The molecule has 144 valence electrons. The number of nitrogens with one attached hydrogen (secondary N) is 3. The number of urea groups is 1. The van der Waals surface area contributed by atoms with Gasteiger partial charge in [0, 0.05) is 13.1 Å². The molecule has 7 heteroatoms. The summed E-state index contributed by atoms with van der Waals surface area (Å²) in [5.41, 5.74) is 6.29. The average Bonchev–Trinajstić information content (AvgIpc) is 2.61. The summed E-state index contributed by atoms with van der Waals surface area (Å²) in [6.07, 6.45) is 4.60. The molecule has 7 nitrogen and oxygen atoms in total. The van der Waals surface area contributed by atoms with Crippen LogP contribution in [0.3, 0.4) is 0 Å². The molecule has 0 fully saturated rings. The number of carbonyl (C=O) groups is 3. The van der Waals surface area contributed by atoms with Crippen LogP contribution in [-0.4, -0.2) is 37.0 Å². The van der Waals surface area contributed by atoms with Gasteiger partial charge in [0.15, 0.2) is 0 Å². The fourth-order valence-electron chi connectivity index (χ4n) is 2.47. The van der Waals surface area contributed by atoms with E-state index in [0.717, 1.165) is 31.2 Å². The molecule has 1 rings (SSSR count). The van der Waals surface area contributed by atoms with Crippen molar-refractivity contribution in [2.45, 2.75) is 51.5 Å². The maximum absolute atomic E-state index is 12.3. The lowest BCUT2D eigenvalue weighted by Gasteiger charge is -2.17. The SMILES string of the molecule is CCCCCCNC(=O)N[C@H](CC(N)=O)C(=O)NCCc1ccccc1. The number of hydrogen-bond acceptors (Lipinski definition) is 3. The molecular formula is C19H30N4O3. The number of nitrogens with two attached hydrogens (primary N) is 1. The van der Waals surface area contributed by atoms with E-state index >= 15 is 0 Å². The Morgan fingerprint density at radius 3 is 2.38 bits per heavy atom. The number of primary amides is 1. The average molecular weight is 362 g/mol. The minimum Gasteiger partial charge on any atom is -0.370 e. The summed E-state index contributed by atoms with van der Waals surface area (Å²) in [5.74, 6) is -1.06. The van der Waals surface area contributed by atoms with Crippen LogP contribution >= 0.6 is 0 Å². The van der Waals surface area contributed by atoms with E-state index in [1.54, 1.807) is 0 Å². The lowest BCUT2D eigenvalue weighted by molar-refractivity contribution is -0.126. The van der Waals surface area contributed by atoms with Crippen LogP contribution in [-0.2, 0) is 16.0 Å². The third-order valence-electron chi connectivity index (χ3n) is 3.90. The summed E-state index contributed by atoms with van der Waals surface area (Å²) < 4.78 is 0. The van der Waals surface area contributed by atoms with Gasteiger partial charge < -0.3 is 21.7 Å². The molecule has 5 N–H and O–H groups in total. The van der Waals surface area contributed by atoms with E-state index in [-0.39, 0.29) is 6.42 Å². The summed E-state index contributed by atoms with van der Waals surface area (Å²) >= 11 is 0. The van der Waals surface area contributed by atoms with E-state index in [0.29, 0.717) is 19.5 Å². The van der Waals surface area contributed by atoms with Crippen molar-refractivity contribution in [2.75, 3.05) is 13.1 Å². The standard InChI is InChI=1S/C19H30N4O3/c1-2-3-4-8-12-22-19(26)23-16(14-17(20)24)18(25)21-13-11-15-9-6-5-7-10-15/h5-7,9-10,16H,2-4,8,11-14H2,1H3,(H2,20,24)(H,21,25)(H2,22,23,26)/t16-/m1/s1. The number of hydrogen-bond donors (Lipinski definition) is 4. The molecule has 0 aliphatic heterocycles. The molecule has 4 amide bonds. The number of amides is 4. The Labute approximate surface area is 155 Å². The maximum Gasteiger partial charge on any atom is 0.315 e. The van der Waals surface area contributed by atoms with Crippen molar-refractivity contribution in [2.24, 2.45) is 5.73 Å². The molecule has 1 aromatic carbocycles. The van der Waals surface area contributed by atoms with Crippen molar-refractivity contribution in [1.82, 2.24) is 16.0 Å². The third-order valence-corrected chi connectivity index (χ3v) is 3.90. The summed E-state index contributed by atoms with van der Waals surface area (Å²) in [4.78, 5) is 35.4. The van der Waals surface area contributed by atoms with E-state index < -0.39 is 23.9 Å². The topological polar surface area (TPSA) is 113 Å². The Morgan fingerprint density at radius 1 is 1.00 bits per heavy atom. The van der Waals surface area contributed by atoms with E-state index in [1.807, 2.05) is 30.3 Å². The van der Waals surface area contributed by atoms with E-state index in [1.165, 1.54) is 0 Å². The number of rotatable bonds is 12. The molecule has 26 heavy (non-hydrogen) atoms. The van der Waals surface area contributed by atoms with Crippen LogP contribution in [0.4, 0.5) is 4.79 Å². The first-order valence-electron chi connectivity index (χ1n) is 9.17. The highest BCUT2D eigenvalue weighted by Crippen LogP contribution is 1.99. The van der Waals surface area contributed by atoms with Crippen molar-refractivity contribution >= 4 is 17.8 Å². The highest BCUT2D eigenvalue weighted by molar-refractivity contribution is 5.91. The van der Waals surface area contributed by atoms with Crippen LogP contribution in [0.25, 0.3) is 0 Å². The van der Waals surface area contributed by atoms with Crippen molar-refractivity contribution in [1.29, 1.82) is 0 Å². The summed E-state index contributed by atoms with van der Waals surface area (Å²) in [6, 6.07) is 8.29. The molecule has 1 aromatic rings. The molecule has 0 unspecified atom stereocenters. The molecule has 0 bridgehead atoms. The van der Waals surface area contributed by atoms with Gasteiger partial charge in [0.2, 0.25) is 11.8 Å². The van der Waals surface area contributed by atoms with Crippen LogP contribution in [0, 0.1) is 0 Å². The molecule has 0 heterocycles. The quantitative estimate of drug-likeness (QED) is 0.422. The van der Waals surface area contributed by atoms with Crippen LogP contribution in [0.2, 0.25) is 0 Å². The van der Waals surface area contributed by atoms with Crippen LogP contribution in [0.1, 0.15) is 44.6 Å². The lowest BCUT2D eigenvalue weighted by Crippen LogP contribution is -2.51. The predicted octanol–water partition coefficient (Wildman–Crippen LogP) is 1.47. The van der Waals surface area contributed by atoms with Gasteiger partial charge in [-0.05, 0) is 18.4 Å².